The number of carbonyl (C=O) groups is 2. The molecule has 0 bridgehead atoms. The van der Waals surface area contributed by atoms with Crippen LogP contribution in [0.25, 0.3) is 0 Å². The molecule has 0 unspecified atom stereocenters. The summed E-state index contributed by atoms with van der Waals surface area (Å²) in [4.78, 5) is 29.9. The van der Waals surface area contributed by atoms with E-state index < -0.39 is 28.5 Å². The molecule has 0 aliphatic heterocycles. The van der Waals surface area contributed by atoms with Gasteiger partial charge in [0.25, 0.3) is 10.0 Å². The van der Waals surface area contributed by atoms with Gasteiger partial charge in [-0.05, 0) is 55.7 Å². The molecule has 4 aromatic rings. The van der Waals surface area contributed by atoms with E-state index in [0.717, 1.165) is 39.4 Å². The van der Waals surface area contributed by atoms with Crippen molar-refractivity contribution in [2.75, 3.05) is 17.4 Å². The van der Waals surface area contributed by atoms with Crippen molar-refractivity contribution in [1.82, 2.24) is 10.2 Å². The van der Waals surface area contributed by atoms with E-state index in [4.69, 9.17) is 0 Å². The minimum Gasteiger partial charge on any atom is -0.354 e. The molecular weight excluding hydrogens is 570 g/mol. The minimum absolute atomic E-state index is 0.0803. The van der Waals surface area contributed by atoms with E-state index in [9.17, 15) is 18.0 Å². The Morgan fingerprint density at radius 1 is 0.773 bits per heavy atom. The van der Waals surface area contributed by atoms with E-state index in [-0.39, 0.29) is 23.8 Å². The second-order valence-corrected chi connectivity index (χ2v) is 12.9. The van der Waals surface area contributed by atoms with Crippen molar-refractivity contribution < 1.29 is 18.0 Å². The summed E-state index contributed by atoms with van der Waals surface area (Å²) in [6, 6.07) is 31.6. The third-order valence-corrected chi connectivity index (χ3v) is 9.26. The largest absolute Gasteiger partial charge is 0.354 e. The van der Waals surface area contributed by atoms with Crippen molar-refractivity contribution in [1.29, 1.82) is 0 Å². The van der Waals surface area contributed by atoms with Crippen molar-refractivity contribution in [2.45, 2.75) is 57.5 Å². The lowest BCUT2D eigenvalue weighted by molar-refractivity contribution is -0.140. The molecule has 0 aliphatic rings. The highest BCUT2D eigenvalue weighted by atomic mass is 32.2. The van der Waals surface area contributed by atoms with E-state index in [0.29, 0.717) is 12.2 Å². The van der Waals surface area contributed by atoms with Crippen LogP contribution in [0.4, 0.5) is 5.69 Å². The number of hydrogen-bond donors (Lipinski definition) is 1. The number of amides is 2. The normalized spacial score (nSPS) is 11.9. The molecule has 0 aromatic heterocycles. The molecule has 1 atom stereocenters. The van der Waals surface area contributed by atoms with Gasteiger partial charge >= 0.3 is 0 Å². The van der Waals surface area contributed by atoms with Crippen molar-refractivity contribution in [3.05, 3.63) is 131 Å². The van der Waals surface area contributed by atoms with Gasteiger partial charge in [0, 0.05) is 19.5 Å². The Morgan fingerprint density at radius 2 is 1.41 bits per heavy atom. The Morgan fingerprint density at radius 3 is 2.05 bits per heavy atom. The fourth-order valence-corrected chi connectivity index (χ4v) is 6.46. The molecule has 4 rings (SSSR count). The molecule has 44 heavy (non-hydrogen) atoms. The average molecular weight is 612 g/mol. The number of rotatable bonds is 14. The van der Waals surface area contributed by atoms with Gasteiger partial charge in [-0.1, -0.05) is 109 Å². The second kappa shape index (κ2) is 15.3. The number of hydrogen-bond acceptors (Lipinski definition) is 4. The smallest absolute Gasteiger partial charge is 0.264 e. The number of unbranched alkanes of at least 4 members (excludes halogenated alkanes) is 1. The summed E-state index contributed by atoms with van der Waals surface area (Å²) in [6.45, 7) is 6.10. The van der Waals surface area contributed by atoms with Gasteiger partial charge in [-0.15, -0.1) is 0 Å². The molecule has 0 spiro atoms. The van der Waals surface area contributed by atoms with Gasteiger partial charge in [-0.2, -0.15) is 0 Å². The van der Waals surface area contributed by atoms with Gasteiger partial charge in [-0.25, -0.2) is 8.42 Å². The summed E-state index contributed by atoms with van der Waals surface area (Å²) in [5.41, 5.74) is 4.11. The van der Waals surface area contributed by atoms with Crippen LogP contribution in [0, 0.1) is 13.8 Å². The average Bonchev–Trinajstić information content (AvgIpc) is 3.03. The van der Waals surface area contributed by atoms with Crippen LogP contribution in [0.1, 0.15) is 42.0 Å². The Kier molecular flexibility index (Phi) is 11.3. The summed E-state index contributed by atoms with van der Waals surface area (Å²) < 4.78 is 29.2. The predicted molar refractivity (Wildman–Crippen MR) is 176 cm³/mol. The summed E-state index contributed by atoms with van der Waals surface area (Å²) >= 11 is 0. The highest BCUT2D eigenvalue weighted by molar-refractivity contribution is 7.92. The number of nitrogens with one attached hydrogen (secondary N) is 1. The summed E-state index contributed by atoms with van der Waals surface area (Å²) in [5.74, 6) is -0.741. The van der Waals surface area contributed by atoms with Gasteiger partial charge in [0.05, 0.1) is 10.6 Å². The topological polar surface area (TPSA) is 86.8 Å². The Bertz CT molecular complexity index is 1630. The number of carbonyl (C=O) groups excluding carboxylic acids is 2. The first kappa shape index (κ1) is 32.5. The fourth-order valence-electron chi connectivity index (χ4n) is 5.03. The van der Waals surface area contributed by atoms with Crippen LogP contribution >= 0.6 is 0 Å². The maximum atomic E-state index is 14.5. The highest BCUT2D eigenvalue weighted by Crippen LogP contribution is 2.25. The molecule has 8 heteroatoms. The Balaban J connectivity index is 1.78. The highest BCUT2D eigenvalue weighted by Gasteiger charge is 2.34. The Labute approximate surface area is 261 Å². The molecule has 0 fully saturated rings. The van der Waals surface area contributed by atoms with Crippen LogP contribution in [0.2, 0.25) is 0 Å². The molecule has 7 nitrogen and oxygen atoms in total. The van der Waals surface area contributed by atoms with E-state index in [1.165, 1.54) is 17.0 Å². The van der Waals surface area contributed by atoms with Crippen LogP contribution in [0.5, 0.6) is 0 Å². The zero-order chi connectivity index (χ0) is 31.5. The second-order valence-electron chi connectivity index (χ2n) is 11.0. The fraction of sp³-hybridized carbons (Fsp3) is 0.278. The quantitative estimate of drug-likeness (QED) is 0.176. The summed E-state index contributed by atoms with van der Waals surface area (Å²) in [7, 11) is -4.11. The molecule has 0 heterocycles. The predicted octanol–water partition coefficient (Wildman–Crippen LogP) is 6.06. The zero-order valence-corrected chi connectivity index (χ0v) is 26.5. The molecule has 4 aromatic carbocycles. The van der Waals surface area contributed by atoms with Crippen molar-refractivity contribution in [3.63, 3.8) is 0 Å². The first-order valence-corrected chi connectivity index (χ1v) is 16.4. The van der Waals surface area contributed by atoms with Crippen LogP contribution in [0.3, 0.4) is 0 Å². The van der Waals surface area contributed by atoms with Gasteiger partial charge in [-0.3, -0.25) is 13.9 Å². The van der Waals surface area contributed by atoms with Gasteiger partial charge < -0.3 is 10.2 Å². The lowest BCUT2D eigenvalue weighted by Gasteiger charge is -2.34. The summed E-state index contributed by atoms with van der Waals surface area (Å²) in [6.07, 6.45) is 2.01. The SMILES string of the molecule is CCCCNC(=O)[C@H](Cc1ccccc1)N(Cc1cccc(C)c1)C(=O)CN(c1ccc(C)cc1)S(=O)(=O)c1ccccc1. The van der Waals surface area contributed by atoms with Crippen LogP contribution in [0.15, 0.2) is 114 Å². The van der Waals surface area contributed by atoms with Gasteiger partial charge in [0.15, 0.2) is 0 Å². The van der Waals surface area contributed by atoms with E-state index >= 15 is 0 Å². The van der Waals surface area contributed by atoms with Crippen LogP contribution in [-0.4, -0.2) is 44.3 Å². The van der Waals surface area contributed by atoms with E-state index in [2.05, 4.69) is 5.32 Å². The third kappa shape index (κ3) is 8.57. The van der Waals surface area contributed by atoms with Crippen molar-refractivity contribution in [3.8, 4) is 0 Å². The molecule has 0 radical (unpaired) electrons. The number of nitrogens with zero attached hydrogens (tertiary/aromatic N) is 2. The van der Waals surface area contributed by atoms with Gasteiger partial charge in [0.1, 0.15) is 12.6 Å². The van der Waals surface area contributed by atoms with E-state index in [1.54, 1.807) is 30.3 Å². The molecule has 2 amide bonds. The number of sulfonamides is 1. The molecule has 1 N–H and O–H groups in total. The monoisotopic (exact) mass is 611 g/mol. The first-order chi connectivity index (χ1) is 21.2. The zero-order valence-electron chi connectivity index (χ0n) is 25.6. The third-order valence-electron chi connectivity index (χ3n) is 7.47. The number of benzene rings is 4. The molecule has 0 saturated heterocycles. The lowest BCUT2D eigenvalue weighted by atomic mass is 10.0. The number of aryl methyl sites for hydroxylation is 2. The minimum atomic E-state index is -4.11. The van der Waals surface area contributed by atoms with Crippen LogP contribution in [-0.2, 0) is 32.6 Å². The molecule has 0 saturated carbocycles. The maximum absolute atomic E-state index is 14.5. The van der Waals surface area contributed by atoms with Crippen molar-refractivity contribution >= 4 is 27.5 Å². The Hall–Kier alpha value is -4.43. The summed E-state index contributed by atoms with van der Waals surface area (Å²) in [5, 5.41) is 3.02. The molecule has 0 aliphatic carbocycles. The number of anilines is 1. The molecular formula is C36H41N3O4S. The lowest BCUT2D eigenvalue weighted by Crippen LogP contribution is -2.53. The van der Waals surface area contributed by atoms with Crippen molar-refractivity contribution in [2.24, 2.45) is 0 Å². The first-order valence-electron chi connectivity index (χ1n) is 15.0. The van der Waals surface area contributed by atoms with Gasteiger partial charge in [0.2, 0.25) is 11.8 Å². The van der Waals surface area contributed by atoms with Crippen LogP contribution < -0.4 is 9.62 Å². The van der Waals surface area contributed by atoms with E-state index in [1.807, 2.05) is 87.5 Å². The molecule has 230 valence electrons. The maximum Gasteiger partial charge on any atom is 0.264 e. The standard InChI is InChI=1S/C36H41N3O4S/c1-4-5-23-37-36(41)34(25-30-14-8-6-9-15-30)38(26-31-16-12-13-29(3)24-31)35(40)27-39(32-21-19-28(2)20-22-32)44(42,43)33-17-10-7-11-18-33/h6-22,24,34H,4-5,23,25-27H2,1-3H3,(H,37,41)/t34-/m0/s1.